The van der Waals surface area contributed by atoms with Gasteiger partial charge in [0.1, 0.15) is 11.0 Å². The predicted octanol–water partition coefficient (Wildman–Crippen LogP) is 3.16. The van der Waals surface area contributed by atoms with Gasteiger partial charge in [0.15, 0.2) is 0 Å². The summed E-state index contributed by atoms with van der Waals surface area (Å²) in [5.41, 5.74) is 0.749. The van der Waals surface area contributed by atoms with E-state index in [9.17, 15) is 13.2 Å². The summed E-state index contributed by atoms with van der Waals surface area (Å²) in [6.07, 6.45) is -3.11. The zero-order valence-electron chi connectivity index (χ0n) is 10.8. The van der Waals surface area contributed by atoms with E-state index in [4.69, 9.17) is 16.3 Å². The lowest BCUT2D eigenvalue weighted by Crippen LogP contribution is -2.13. The SMILES string of the molecule is COc1ccc(CNc2cc(Cl)nc(C(F)(F)F)n2)cn1. The molecular formula is C12H10ClF3N4O. The van der Waals surface area contributed by atoms with Gasteiger partial charge in [0, 0.05) is 24.9 Å². The van der Waals surface area contributed by atoms with E-state index >= 15 is 0 Å². The molecule has 2 aromatic heterocycles. The van der Waals surface area contributed by atoms with Gasteiger partial charge >= 0.3 is 6.18 Å². The van der Waals surface area contributed by atoms with Gasteiger partial charge in [-0.3, -0.25) is 0 Å². The molecule has 0 amide bonds. The first kappa shape index (κ1) is 15.3. The van der Waals surface area contributed by atoms with Crippen molar-refractivity contribution in [3.05, 3.63) is 40.9 Å². The Morgan fingerprint density at radius 1 is 1.29 bits per heavy atom. The van der Waals surface area contributed by atoms with Crippen LogP contribution in [-0.2, 0) is 12.7 Å². The summed E-state index contributed by atoms with van der Waals surface area (Å²) in [6, 6.07) is 4.59. The number of halogens is 4. The number of aromatic nitrogens is 3. The molecule has 0 aliphatic rings. The molecule has 0 fully saturated rings. The average molecular weight is 319 g/mol. The Kier molecular flexibility index (Phi) is 4.46. The van der Waals surface area contributed by atoms with Gasteiger partial charge in [0.05, 0.1) is 7.11 Å². The fourth-order valence-corrected chi connectivity index (χ4v) is 1.65. The summed E-state index contributed by atoms with van der Waals surface area (Å²) in [6.45, 7) is 0.238. The van der Waals surface area contributed by atoms with Gasteiger partial charge in [-0.15, -0.1) is 0 Å². The molecule has 1 N–H and O–H groups in total. The minimum atomic E-state index is -4.65. The Morgan fingerprint density at radius 3 is 2.62 bits per heavy atom. The molecule has 5 nitrogen and oxygen atoms in total. The van der Waals surface area contributed by atoms with E-state index in [1.165, 1.54) is 13.2 Å². The first-order chi connectivity index (χ1) is 9.88. The zero-order chi connectivity index (χ0) is 15.5. The van der Waals surface area contributed by atoms with Crippen LogP contribution < -0.4 is 10.1 Å². The van der Waals surface area contributed by atoms with Crippen molar-refractivity contribution in [1.29, 1.82) is 0 Å². The number of hydrogen-bond acceptors (Lipinski definition) is 5. The first-order valence-corrected chi connectivity index (χ1v) is 6.11. The molecule has 0 unspecified atom stereocenters. The molecule has 0 atom stereocenters. The van der Waals surface area contributed by atoms with Crippen molar-refractivity contribution >= 4 is 17.4 Å². The third-order valence-electron chi connectivity index (χ3n) is 2.43. The molecule has 0 aliphatic carbocycles. The molecule has 9 heteroatoms. The van der Waals surface area contributed by atoms with Crippen LogP contribution in [-0.4, -0.2) is 22.1 Å². The second-order valence-electron chi connectivity index (χ2n) is 3.96. The number of nitrogens with zero attached hydrogens (tertiary/aromatic N) is 3. The van der Waals surface area contributed by atoms with E-state index in [2.05, 4.69) is 20.3 Å². The van der Waals surface area contributed by atoms with Crippen molar-refractivity contribution < 1.29 is 17.9 Å². The zero-order valence-corrected chi connectivity index (χ0v) is 11.5. The van der Waals surface area contributed by atoms with Crippen molar-refractivity contribution in [3.63, 3.8) is 0 Å². The lowest BCUT2D eigenvalue weighted by molar-refractivity contribution is -0.144. The van der Waals surface area contributed by atoms with Gasteiger partial charge in [-0.25, -0.2) is 15.0 Å². The van der Waals surface area contributed by atoms with Crippen molar-refractivity contribution in [2.24, 2.45) is 0 Å². The quantitative estimate of drug-likeness (QED) is 0.877. The number of alkyl halides is 3. The van der Waals surface area contributed by atoms with Crippen LogP contribution in [0.2, 0.25) is 5.15 Å². The van der Waals surface area contributed by atoms with E-state index in [0.29, 0.717) is 5.88 Å². The Morgan fingerprint density at radius 2 is 2.05 bits per heavy atom. The number of rotatable bonds is 4. The smallest absolute Gasteiger partial charge is 0.451 e. The number of methoxy groups -OCH3 is 1. The van der Waals surface area contributed by atoms with Crippen LogP contribution in [0.5, 0.6) is 5.88 Å². The van der Waals surface area contributed by atoms with Crippen molar-refractivity contribution in [3.8, 4) is 5.88 Å². The number of nitrogens with one attached hydrogen (secondary N) is 1. The molecule has 2 rings (SSSR count). The molecule has 0 spiro atoms. The number of anilines is 1. The summed E-state index contributed by atoms with van der Waals surface area (Å²) >= 11 is 5.56. The molecule has 2 heterocycles. The van der Waals surface area contributed by atoms with Gasteiger partial charge in [0.25, 0.3) is 0 Å². The second kappa shape index (κ2) is 6.13. The fourth-order valence-electron chi connectivity index (χ4n) is 1.46. The summed E-state index contributed by atoms with van der Waals surface area (Å²) < 4.78 is 42.6. The molecule has 0 aromatic carbocycles. The van der Waals surface area contributed by atoms with E-state index in [1.807, 2.05) is 0 Å². The van der Waals surface area contributed by atoms with Crippen LogP contribution in [0.4, 0.5) is 19.0 Å². The van der Waals surface area contributed by atoms with Gasteiger partial charge in [-0.05, 0) is 5.56 Å². The molecule has 0 bridgehead atoms. The highest BCUT2D eigenvalue weighted by Gasteiger charge is 2.35. The Labute approximate surface area is 123 Å². The van der Waals surface area contributed by atoms with Crippen LogP contribution in [0, 0.1) is 0 Å². The number of hydrogen-bond donors (Lipinski definition) is 1. The molecule has 112 valence electrons. The third-order valence-corrected chi connectivity index (χ3v) is 2.62. The van der Waals surface area contributed by atoms with E-state index in [0.717, 1.165) is 5.56 Å². The second-order valence-corrected chi connectivity index (χ2v) is 4.35. The molecule has 0 radical (unpaired) electrons. The number of pyridine rings is 1. The molecule has 2 aromatic rings. The van der Waals surface area contributed by atoms with Crippen LogP contribution in [0.3, 0.4) is 0 Å². The maximum atomic E-state index is 12.6. The van der Waals surface area contributed by atoms with E-state index in [-0.39, 0.29) is 17.5 Å². The lowest BCUT2D eigenvalue weighted by atomic mass is 10.3. The summed E-state index contributed by atoms with van der Waals surface area (Å²) in [4.78, 5) is 10.5. The highest BCUT2D eigenvalue weighted by Crippen LogP contribution is 2.28. The van der Waals surface area contributed by atoms with Gasteiger partial charge in [-0.2, -0.15) is 13.2 Å². The van der Waals surface area contributed by atoms with E-state index < -0.39 is 12.0 Å². The van der Waals surface area contributed by atoms with Crippen molar-refractivity contribution in [1.82, 2.24) is 15.0 Å². The van der Waals surface area contributed by atoms with Crippen LogP contribution >= 0.6 is 11.6 Å². The minimum absolute atomic E-state index is 0.0156. The monoisotopic (exact) mass is 318 g/mol. The van der Waals surface area contributed by atoms with Crippen molar-refractivity contribution in [2.75, 3.05) is 12.4 Å². The standard InChI is InChI=1S/C12H10ClF3N4O/c1-21-10-3-2-7(6-18-10)5-17-9-4-8(13)19-11(20-9)12(14,15)16/h2-4,6H,5H2,1H3,(H,17,19,20). The van der Waals surface area contributed by atoms with Crippen molar-refractivity contribution in [2.45, 2.75) is 12.7 Å². The number of ether oxygens (including phenoxy) is 1. The normalized spacial score (nSPS) is 11.3. The maximum absolute atomic E-state index is 12.6. The van der Waals surface area contributed by atoms with Crippen LogP contribution in [0.15, 0.2) is 24.4 Å². The topological polar surface area (TPSA) is 59.9 Å². The Bertz CT molecular complexity index is 619. The minimum Gasteiger partial charge on any atom is -0.481 e. The van der Waals surface area contributed by atoms with Gasteiger partial charge in [0.2, 0.25) is 11.7 Å². The van der Waals surface area contributed by atoms with Gasteiger partial charge < -0.3 is 10.1 Å². The summed E-state index contributed by atoms with van der Waals surface area (Å²) in [5, 5.41) is 2.45. The van der Waals surface area contributed by atoms with E-state index in [1.54, 1.807) is 18.3 Å². The third kappa shape index (κ3) is 4.19. The molecule has 21 heavy (non-hydrogen) atoms. The van der Waals surface area contributed by atoms with Crippen LogP contribution in [0.25, 0.3) is 0 Å². The Balaban J connectivity index is 2.10. The maximum Gasteiger partial charge on any atom is 0.451 e. The molecular weight excluding hydrogens is 309 g/mol. The molecule has 0 aliphatic heterocycles. The fraction of sp³-hybridized carbons (Fsp3) is 0.250. The largest absolute Gasteiger partial charge is 0.481 e. The highest BCUT2D eigenvalue weighted by atomic mass is 35.5. The van der Waals surface area contributed by atoms with Gasteiger partial charge in [-0.1, -0.05) is 17.7 Å². The highest BCUT2D eigenvalue weighted by molar-refractivity contribution is 6.29. The predicted molar refractivity (Wildman–Crippen MR) is 70.2 cm³/mol. The molecule has 0 saturated heterocycles. The molecule has 0 saturated carbocycles. The summed E-state index contributed by atoms with van der Waals surface area (Å²) in [7, 11) is 1.49. The average Bonchev–Trinajstić information content (AvgIpc) is 2.44. The lowest BCUT2D eigenvalue weighted by Gasteiger charge is -2.09. The van der Waals surface area contributed by atoms with Crippen LogP contribution in [0.1, 0.15) is 11.4 Å². The first-order valence-electron chi connectivity index (χ1n) is 5.73. The summed E-state index contributed by atoms with van der Waals surface area (Å²) in [5.74, 6) is -0.855. The Hall–Kier alpha value is -2.09.